The first-order chi connectivity index (χ1) is 37.2. The molecule has 0 saturated carbocycles. The van der Waals surface area contributed by atoms with E-state index in [0.717, 1.165) is 55.7 Å². The van der Waals surface area contributed by atoms with E-state index in [1.807, 2.05) is 6.07 Å². The van der Waals surface area contributed by atoms with Crippen LogP contribution in [0.5, 0.6) is 0 Å². The highest BCUT2D eigenvalue weighted by Crippen LogP contribution is 2.64. The number of fused-ring (bicyclic) bond motifs is 17. The van der Waals surface area contributed by atoms with Crippen molar-refractivity contribution in [1.82, 2.24) is 24.1 Å². The summed E-state index contributed by atoms with van der Waals surface area (Å²) in [6.07, 6.45) is 0. The topological polar surface area (TPSA) is 48.5 Å². The quantitative estimate of drug-likeness (QED) is 0.167. The van der Waals surface area contributed by atoms with Crippen LogP contribution in [0.2, 0.25) is 0 Å². The van der Waals surface area contributed by atoms with Crippen LogP contribution in [0.4, 0.5) is 0 Å². The van der Waals surface area contributed by atoms with E-state index in [9.17, 15) is 0 Å². The first-order valence-electron chi connectivity index (χ1n) is 25.7. The first-order valence-corrected chi connectivity index (χ1v) is 25.7. The van der Waals surface area contributed by atoms with Crippen molar-refractivity contribution in [3.8, 4) is 78.9 Å². The zero-order chi connectivity index (χ0) is 49.2. The van der Waals surface area contributed by atoms with Crippen LogP contribution in [0.15, 0.2) is 261 Å². The van der Waals surface area contributed by atoms with Gasteiger partial charge in [0.15, 0.2) is 17.5 Å². The standard InChI is InChI=1S/C70H43N5/c1-2-17-44(18-3-1)45-33-35-46(36-34-45)67-71-68(73-69(72-67)48-19-16-20-50(43-48)75-61-30-13-7-23-53(61)54-24-8-14-31-62(54)75)47-37-39-49(40-38-47)74-63-32-15-9-26-56(63)66-64(74)42-41-60-65(66)55-25-6-12-29-59(55)70(60)57-27-10-4-21-51(57)52-22-5-11-28-58(52)70/h1-43H. The van der Waals surface area contributed by atoms with Crippen molar-refractivity contribution < 1.29 is 0 Å². The molecular weight excluding hydrogens is 911 g/mol. The molecule has 16 rings (SSSR count). The first kappa shape index (κ1) is 41.6. The van der Waals surface area contributed by atoms with E-state index in [2.05, 4.69) is 264 Å². The van der Waals surface area contributed by atoms with Gasteiger partial charge in [0.1, 0.15) is 0 Å². The molecule has 2 aliphatic carbocycles. The summed E-state index contributed by atoms with van der Waals surface area (Å²) in [6.45, 7) is 0. The van der Waals surface area contributed by atoms with Crippen molar-refractivity contribution in [2.24, 2.45) is 0 Å². The second kappa shape index (κ2) is 16.0. The van der Waals surface area contributed by atoms with Crippen molar-refractivity contribution >= 4 is 43.6 Å². The largest absolute Gasteiger partial charge is 0.309 e. The highest BCUT2D eigenvalue weighted by atomic mass is 15.0. The molecule has 3 heterocycles. The number of rotatable bonds is 6. The smallest absolute Gasteiger partial charge is 0.164 e. The van der Waals surface area contributed by atoms with E-state index in [-0.39, 0.29) is 0 Å². The van der Waals surface area contributed by atoms with Crippen molar-refractivity contribution in [3.63, 3.8) is 0 Å². The van der Waals surface area contributed by atoms with E-state index < -0.39 is 5.41 Å². The minimum Gasteiger partial charge on any atom is -0.309 e. The zero-order valence-corrected chi connectivity index (χ0v) is 40.6. The molecule has 3 aromatic heterocycles. The number of aromatic nitrogens is 5. The highest BCUT2D eigenvalue weighted by molar-refractivity contribution is 6.19. The predicted molar refractivity (Wildman–Crippen MR) is 307 cm³/mol. The maximum Gasteiger partial charge on any atom is 0.164 e. The van der Waals surface area contributed by atoms with Crippen LogP contribution in [0, 0.1) is 0 Å². The third-order valence-electron chi connectivity index (χ3n) is 16.0. The van der Waals surface area contributed by atoms with Gasteiger partial charge in [-0.2, -0.15) is 0 Å². The average molecular weight is 954 g/mol. The number of benzene rings is 11. The van der Waals surface area contributed by atoms with Gasteiger partial charge in [-0.05, 0) is 116 Å². The van der Waals surface area contributed by atoms with Crippen LogP contribution in [-0.2, 0) is 5.41 Å². The lowest BCUT2D eigenvalue weighted by atomic mass is 9.70. The van der Waals surface area contributed by atoms with Gasteiger partial charge in [-0.15, -0.1) is 0 Å². The summed E-state index contributed by atoms with van der Waals surface area (Å²) in [6, 6.07) is 94.4. The van der Waals surface area contributed by atoms with Gasteiger partial charge >= 0.3 is 0 Å². The molecule has 0 bridgehead atoms. The third kappa shape index (κ3) is 5.98. The molecule has 75 heavy (non-hydrogen) atoms. The fourth-order valence-corrected chi connectivity index (χ4v) is 12.9. The minimum atomic E-state index is -0.420. The second-order valence-corrected chi connectivity index (χ2v) is 19.8. The Kier molecular flexibility index (Phi) is 8.89. The van der Waals surface area contributed by atoms with E-state index in [0.29, 0.717) is 17.5 Å². The molecule has 0 saturated heterocycles. The Morgan fingerprint density at radius 1 is 0.267 bits per heavy atom. The lowest BCUT2D eigenvalue weighted by Crippen LogP contribution is -2.25. The van der Waals surface area contributed by atoms with Gasteiger partial charge in [0.25, 0.3) is 0 Å². The lowest BCUT2D eigenvalue weighted by Gasteiger charge is -2.30. The Morgan fingerprint density at radius 2 is 0.707 bits per heavy atom. The van der Waals surface area contributed by atoms with Gasteiger partial charge in [-0.3, -0.25) is 0 Å². The third-order valence-corrected chi connectivity index (χ3v) is 16.0. The van der Waals surface area contributed by atoms with E-state index in [4.69, 9.17) is 15.0 Å². The highest BCUT2D eigenvalue weighted by Gasteiger charge is 2.52. The Bertz CT molecular complexity index is 4540. The molecule has 1 spiro atoms. The number of nitrogens with zero attached hydrogens (tertiary/aromatic N) is 5. The average Bonchev–Trinajstić information content (AvgIpc) is 4.23. The van der Waals surface area contributed by atoms with Gasteiger partial charge in [0.2, 0.25) is 0 Å². The second-order valence-electron chi connectivity index (χ2n) is 19.8. The van der Waals surface area contributed by atoms with Crippen LogP contribution in [0.25, 0.3) is 123 Å². The molecule has 0 N–H and O–H groups in total. The Labute approximate surface area is 433 Å². The maximum absolute atomic E-state index is 5.29. The molecule has 0 amide bonds. The Balaban J connectivity index is 0.850. The summed E-state index contributed by atoms with van der Waals surface area (Å²) < 4.78 is 4.77. The Hall–Kier alpha value is -9.97. The summed E-state index contributed by atoms with van der Waals surface area (Å²) in [5.74, 6) is 1.83. The van der Waals surface area contributed by atoms with Crippen LogP contribution in [0.1, 0.15) is 22.3 Å². The molecular formula is C70H43N5. The molecule has 14 aromatic rings. The lowest BCUT2D eigenvalue weighted by molar-refractivity contribution is 0.794. The van der Waals surface area contributed by atoms with Crippen molar-refractivity contribution in [2.45, 2.75) is 5.41 Å². The van der Waals surface area contributed by atoms with Crippen LogP contribution < -0.4 is 0 Å². The number of hydrogen-bond acceptors (Lipinski definition) is 3. The Morgan fingerprint density at radius 3 is 1.33 bits per heavy atom. The van der Waals surface area contributed by atoms with Gasteiger partial charge in [-0.1, -0.05) is 200 Å². The van der Waals surface area contributed by atoms with Crippen LogP contribution in [0.3, 0.4) is 0 Å². The SMILES string of the molecule is c1ccc(-c2ccc(-c3nc(-c4ccc(-n5c6ccccc6c6c7c(ccc65)C5(c6ccccc6-c6ccccc65)c5ccccc5-7)cc4)nc(-c4cccc(-n5c6ccccc6c6ccccc65)c4)n3)cc2)cc1. The molecule has 0 unspecified atom stereocenters. The fourth-order valence-electron chi connectivity index (χ4n) is 12.9. The molecule has 5 nitrogen and oxygen atoms in total. The normalized spacial score (nSPS) is 12.9. The number of para-hydroxylation sites is 3. The summed E-state index contributed by atoms with van der Waals surface area (Å²) in [5, 5.41) is 4.94. The minimum absolute atomic E-state index is 0.420. The van der Waals surface area contributed by atoms with Gasteiger partial charge in [0.05, 0.1) is 27.5 Å². The van der Waals surface area contributed by atoms with Gasteiger partial charge < -0.3 is 9.13 Å². The summed E-state index contributed by atoms with van der Waals surface area (Å²) >= 11 is 0. The number of hydrogen-bond donors (Lipinski definition) is 0. The maximum atomic E-state index is 5.29. The summed E-state index contributed by atoms with van der Waals surface area (Å²) in [4.78, 5) is 15.8. The van der Waals surface area contributed by atoms with Gasteiger partial charge in [-0.25, -0.2) is 15.0 Å². The molecule has 348 valence electrons. The van der Waals surface area contributed by atoms with Gasteiger partial charge in [0, 0.05) is 49.6 Å². The molecule has 2 aliphatic rings. The van der Waals surface area contributed by atoms with Crippen molar-refractivity contribution in [1.29, 1.82) is 0 Å². The fraction of sp³-hybridized carbons (Fsp3) is 0.0143. The van der Waals surface area contributed by atoms with Crippen molar-refractivity contribution in [3.05, 3.63) is 283 Å². The summed E-state index contributed by atoms with van der Waals surface area (Å²) in [5.41, 5.74) is 21.9. The molecule has 11 aromatic carbocycles. The summed E-state index contributed by atoms with van der Waals surface area (Å²) in [7, 11) is 0. The molecule has 0 fully saturated rings. The van der Waals surface area contributed by atoms with Crippen LogP contribution >= 0.6 is 0 Å². The molecule has 0 radical (unpaired) electrons. The van der Waals surface area contributed by atoms with E-state index in [1.54, 1.807) is 0 Å². The molecule has 0 aliphatic heterocycles. The molecule has 0 atom stereocenters. The van der Waals surface area contributed by atoms with Crippen LogP contribution in [-0.4, -0.2) is 24.1 Å². The zero-order valence-electron chi connectivity index (χ0n) is 40.6. The van der Waals surface area contributed by atoms with E-state index >= 15 is 0 Å². The monoisotopic (exact) mass is 953 g/mol. The van der Waals surface area contributed by atoms with E-state index in [1.165, 1.54) is 71.6 Å². The molecule has 5 heteroatoms. The van der Waals surface area contributed by atoms with Crippen molar-refractivity contribution in [2.75, 3.05) is 0 Å². The predicted octanol–water partition coefficient (Wildman–Crippen LogP) is 17.1.